The highest BCUT2D eigenvalue weighted by atomic mass is 16.5. The zero-order valence-corrected chi connectivity index (χ0v) is 13.6. The Kier molecular flexibility index (Phi) is 4.81. The molecule has 0 spiro atoms. The molecule has 0 fully saturated rings. The van der Waals surface area contributed by atoms with Gasteiger partial charge in [-0.1, -0.05) is 36.4 Å². The number of benzene rings is 3. The summed E-state index contributed by atoms with van der Waals surface area (Å²) < 4.78 is 5.71. The zero-order valence-electron chi connectivity index (χ0n) is 13.6. The molecule has 4 N–H and O–H groups in total. The van der Waals surface area contributed by atoms with Crippen LogP contribution in [-0.4, -0.2) is 5.78 Å². The Hall–Kier alpha value is -3.53. The molecule has 0 unspecified atom stereocenters. The Labute approximate surface area is 146 Å². The fourth-order valence-electron chi connectivity index (χ4n) is 2.36. The molecule has 124 valence electrons. The van der Waals surface area contributed by atoms with E-state index in [-0.39, 0.29) is 5.78 Å². The summed E-state index contributed by atoms with van der Waals surface area (Å²) in [5.74, 6) is 1.10. The monoisotopic (exact) mass is 330 g/mol. The molecule has 0 aliphatic rings. The van der Waals surface area contributed by atoms with E-state index in [1.165, 1.54) is 0 Å². The van der Waals surface area contributed by atoms with E-state index in [0.29, 0.717) is 28.4 Å². The number of ether oxygens (including phenoxy) is 1. The van der Waals surface area contributed by atoms with Gasteiger partial charge in [0.15, 0.2) is 5.78 Å². The number of carbonyl (C=O) groups is 1. The van der Waals surface area contributed by atoms with E-state index in [0.717, 1.165) is 5.56 Å². The number of allylic oxidation sites excluding steroid dienone is 1. The van der Waals surface area contributed by atoms with Crippen molar-refractivity contribution < 1.29 is 9.53 Å². The molecule has 0 amide bonds. The molecule has 0 aromatic heterocycles. The Morgan fingerprint density at radius 2 is 1.44 bits per heavy atom. The van der Waals surface area contributed by atoms with Gasteiger partial charge in [0.05, 0.1) is 0 Å². The molecule has 3 aromatic carbocycles. The molecule has 3 rings (SSSR count). The normalized spacial score (nSPS) is 10.7. The van der Waals surface area contributed by atoms with Crippen LogP contribution in [0.25, 0.3) is 6.08 Å². The van der Waals surface area contributed by atoms with Gasteiger partial charge in [-0.3, -0.25) is 4.79 Å². The second kappa shape index (κ2) is 7.36. The summed E-state index contributed by atoms with van der Waals surface area (Å²) in [7, 11) is 0. The van der Waals surface area contributed by atoms with Crippen LogP contribution in [0.4, 0.5) is 11.4 Å². The minimum absolute atomic E-state index is 0.0661. The first kappa shape index (κ1) is 16.3. The van der Waals surface area contributed by atoms with Crippen LogP contribution in [-0.2, 0) is 0 Å². The van der Waals surface area contributed by atoms with Gasteiger partial charge < -0.3 is 16.2 Å². The van der Waals surface area contributed by atoms with Gasteiger partial charge in [-0.25, -0.2) is 0 Å². The third kappa shape index (κ3) is 4.48. The van der Waals surface area contributed by atoms with Gasteiger partial charge in [-0.2, -0.15) is 0 Å². The highest BCUT2D eigenvalue weighted by Gasteiger charge is 2.04. The second-order valence-corrected chi connectivity index (χ2v) is 5.57. The van der Waals surface area contributed by atoms with Gasteiger partial charge in [0.2, 0.25) is 0 Å². The van der Waals surface area contributed by atoms with Crippen molar-refractivity contribution in [1.29, 1.82) is 0 Å². The second-order valence-electron chi connectivity index (χ2n) is 5.57. The lowest BCUT2D eigenvalue weighted by molar-refractivity contribution is 0.104. The largest absolute Gasteiger partial charge is 0.457 e. The molecule has 0 saturated carbocycles. The van der Waals surface area contributed by atoms with E-state index in [9.17, 15) is 4.79 Å². The van der Waals surface area contributed by atoms with E-state index >= 15 is 0 Å². The minimum atomic E-state index is -0.0661. The van der Waals surface area contributed by atoms with Crippen LogP contribution in [0.15, 0.2) is 78.9 Å². The number of nitrogens with two attached hydrogens (primary N) is 2. The predicted octanol–water partition coefficient (Wildman–Crippen LogP) is 4.54. The van der Waals surface area contributed by atoms with Crippen LogP contribution in [0.1, 0.15) is 15.9 Å². The molecular formula is C21H18N2O2. The average molecular weight is 330 g/mol. The van der Waals surface area contributed by atoms with E-state index in [2.05, 4.69) is 0 Å². The standard InChI is InChI=1S/C21H18N2O2/c22-17-12-18(23)14-20(13-17)25-19-9-7-16(8-10-19)21(24)11-6-15-4-2-1-3-5-15/h1-14H,22-23H2. The Morgan fingerprint density at radius 3 is 2.08 bits per heavy atom. The Morgan fingerprint density at radius 1 is 0.800 bits per heavy atom. The van der Waals surface area contributed by atoms with Crippen molar-refractivity contribution in [2.24, 2.45) is 0 Å². The summed E-state index contributed by atoms with van der Waals surface area (Å²) >= 11 is 0. The van der Waals surface area contributed by atoms with Crippen LogP contribution in [0, 0.1) is 0 Å². The van der Waals surface area contributed by atoms with Crippen LogP contribution in [0.2, 0.25) is 0 Å². The molecule has 25 heavy (non-hydrogen) atoms. The maximum atomic E-state index is 12.2. The number of rotatable bonds is 5. The summed E-state index contributed by atoms with van der Waals surface area (Å²) in [6, 6.07) is 21.7. The molecule has 0 aliphatic carbocycles. The highest BCUT2D eigenvalue weighted by molar-refractivity contribution is 6.06. The SMILES string of the molecule is Nc1cc(N)cc(Oc2ccc(C(=O)C=Cc3ccccc3)cc2)c1. The fourth-order valence-corrected chi connectivity index (χ4v) is 2.36. The van der Waals surface area contributed by atoms with Crippen LogP contribution < -0.4 is 16.2 Å². The molecule has 0 atom stereocenters. The van der Waals surface area contributed by atoms with Gasteiger partial charge in [0.25, 0.3) is 0 Å². The molecule has 4 nitrogen and oxygen atoms in total. The molecule has 0 heterocycles. The van der Waals surface area contributed by atoms with Crippen LogP contribution in [0.3, 0.4) is 0 Å². The number of carbonyl (C=O) groups excluding carboxylic acids is 1. The van der Waals surface area contributed by atoms with E-state index in [1.807, 2.05) is 30.3 Å². The van der Waals surface area contributed by atoms with Gasteiger partial charge in [-0.15, -0.1) is 0 Å². The maximum absolute atomic E-state index is 12.2. The van der Waals surface area contributed by atoms with Crippen molar-refractivity contribution in [3.8, 4) is 11.5 Å². The summed E-state index contributed by atoms with van der Waals surface area (Å²) in [4.78, 5) is 12.2. The number of anilines is 2. The molecular weight excluding hydrogens is 312 g/mol. The van der Waals surface area contributed by atoms with Crippen LogP contribution >= 0.6 is 0 Å². The Bertz CT molecular complexity index is 881. The molecule has 0 aliphatic heterocycles. The third-order valence-corrected chi connectivity index (χ3v) is 3.55. The number of hydrogen-bond acceptors (Lipinski definition) is 4. The lowest BCUT2D eigenvalue weighted by Crippen LogP contribution is -1.95. The van der Waals surface area contributed by atoms with Gasteiger partial charge in [0.1, 0.15) is 11.5 Å². The smallest absolute Gasteiger partial charge is 0.185 e. The summed E-state index contributed by atoms with van der Waals surface area (Å²) in [6.45, 7) is 0. The highest BCUT2D eigenvalue weighted by Crippen LogP contribution is 2.26. The van der Waals surface area contributed by atoms with Crippen molar-refractivity contribution in [1.82, 2.24) is 0 Å². The van der Waals surface area contributed by atoms with Crippen molar-refractivity contribution in [3.63, 3.8) is 0 Å². The zero-order chi connectivity index (χ0) is 17.6. The van der Waals surface area contributed by atoms with Gasteiger partial charge in [0, 0.05) is 29.1 Å². The number of nitrogen functional groups attached to an aromatic ring is 2. The first-order valence-corrected chi connectivity index (χ1v) is 7.81. The topological polar surface area (TPSA) is 78.3 Å². The number of ketones is 1. The lowest BCUT2D eigenvalue weighted by atomic mass is 10.1. The van der Waals surface area contributed by atoms with E-state index in [4.69, 9.17) is 16.2 Å². The molecule has 0 bridgehead atoms. The van der Waals surface area contributed by atoms with Crippen molar-refractivity contribution in [2.45, 2.75) is 0 Å². The third-order valence-electron chi connectivity index (χ3n) is 3.55. The van der Waals surface area contributed by atoms with Crippen molar-refractivity contribution >= 4 is 23.2 Å². The number of hydrogen-bond donors (Lipinski definition) is 2. The first-order valence-electron chi connectivity index (χ1n) is 7.81. The fraction of sp³-hybridized carbons (Fsp3) is 0. The summed E-state index contributed by atoms with van der Waals surface area (Å²) in [6.07, 6.45) is 3.35. The van der Waals surface area contributed by atoms with E-state index in [1.54, 1.807) is 54.6 Å². The quantitative estimate of drug-likeness (QED) is 0.409. The molecule has 0 radical (unpaired) electrons. The first-order chi connectivity index (χ1) is 12.1. The summed E-state index contributed by atoms with van der Waals surface area (Å²) in [5, 5.41) is 0. The predicted molar refractivity (Wildman–Crippen MR) is 102 cm³/mol. The van der Waals surface area contributed by atoms with Crippen molar-refractivity contribution in [3.05, 3.63) is 90.0 Å². The van der Waals surface area contributed by atoms with Crippen molar-refractivity contribution in [2.75, 3.05) is 11.5 Å². The molecule has 4 heteroatoms. The van der Waals surface area contributed by atoms with E-state index < -0.39 is 0 Å². The molecule has 0 saturated heterocycles. The van der Waals surface area contributed by atoms with Gasteiger partial charge >= 0.3 is 0 Å². The Balaban J connectivity index is 1.69. The minimum Gasteiger partial charge on any atom is -0.457 e. The maximum Gasteiger partial charge on any atom is 0.185 e. The summed E-state index contributed by atoms with van der Waals surface area (Å²) in [5.41, 5.74) is 14.1. The molecule has 3 aromatic rings. The van der Waals surface area contributed by atoms with Gasteiger partial charge in [-0.05, 0) is 42.0 Å². The lowest BCUT2D eigenvalue weighted by Gasteiger charge is -2.08. The average Bonchev–Trinajstić information content (AvgIpc) is 2.60. The van der Waals surface area contributed by atoms with Crippen LogP contribution in [0.5, 0.6) is 11.5 Å².